The standard InChI is InChI=1S/C34H26N4O2S2/c1-21-30(32(39)36-24-13-7-4-8-14-24)31(23-11-5-3-6-12-23)38-33(40)29(42-34(38)35-21)20-22-17-18-26-28(19-22)41-27-16-10-9-15-25(27)37(26)2/h3-20,31H,1-2H3,(H,36,39)/b29-20+/t31-/m0/s1. The predicted molar refractivity (Wildman–Crippen MR) is 170 cm³/mol. The Morgan fingerprint density at radius 3 is 2.36 bits per heavy atom. The van der Waals surface area contributed by atoms with Gasteiger partial charge in [0.1, 0.15) is 0 Å². The van der Waals surface area contributed by atoms with E-state index < -0.39 is 6.04 Å². The lowest BCUT2D eigenvalue weighted by atomic mass is 9.95. The molecule has 0 aliphatic carbocycles. The quantitative estimate of drug-likeness (QED) is 0.276. The Morgan fingerprint density at radius 1 is 0.881 bits per heavy atom. The van der Waals surface area contributed by atoms with Gasteiger partial charge in [0, 0.05) is 22.5 Å². The van der Waals surface area contributed by atoms with Crippen LogP contribution in [0.5, 0.6) is 0 Å². The third-order valence-corrected chi connectivity index (χ3v) is 9.60. The number of nitrogens with one attached hydrogen (secondary N) is 1. The monoisotopic (exact) mass is 586 g/mol. The summed E-state index contributed by atoms with van der Waals surface area (Å²) in [5.74, 6) is -0.276. The zero-order valence-corrected chi connectivity index (χ0v) is 24.6. The van der Waals surface area contributed by atoms with E-state index in [9.17, 15) is 9.59 Å². The lowest BCUT2D eigenvalue weighted by Crippen LogP contribution is -2.40. The number of amides is 1. The van der Waals surface area contributed by atoms with E-state index in [0.717, 1.165) is 21.7 Å². The van der Waals surface area contributed by atoms with Crippen molar-refractivity contribution >= 4 is 52.1 Å². The molecule has 0 radical (unpaired) electrons. The number of nitrogens with zero attached hydrogens (tertiary/aromatic N) is 3. The molecule has 5 aromatic rings. The van der Waals surface area contributed by atoms with Crippen LogP contribution in [-0.4, -0.2) is 17.5 Å². The number of carbonyl (C=O) groups excluding carboxylic acids is 1. The minimum atomic E-state index is -0.599. The summed E-state index contributed by atoms with van der Waals surface area (Å²) in [4.78, 5) is 37.6. The Balaban J connectivity index is 1.32. The Bertz CT molecular complexity index is 2060. The number of thiazole rings is 1. The summed E-state index contributed by atoms with van der Waals surface area (Å²) in [6.07, 6.45) is 1.93. The van der Waals surface area contributed by atoms with E-state index in [0.29, 0.717) is 26.3 Å². The van der Waals surface area contributed by atoms with Gasteiger partial charge in [-0.05, 0) is 60.5 Å². The molecule has 2 aliphatic heterocycles. The SMILES string of the molecule is CC1=C(C(=O)Nc2ccccc2)[C@H](c2ccccc2)n2c(s/c(=C/c3ccc4c(c3)Sc3ccccc3N4C)c2=O)=N1. The van der Waals surface area contributed by atoms with Crippen LogP contribution < -0.4 is 25.1 Å². The number of aromatic nitrogens is 1. The first-order chi connectivity index (χ1) is 20.5. The van der Waals surface area contributed by atoms with Crippen molar-refractivity contribution in [3.05, 3.63) is 145 Å². The van der Waals surface area contributed by atoms with E-state index in [1.807, 2.05) is 79.7 Å². The molecule has 1 atom stereocenters. The van der Waals surface area contributed by atoms with Gasteiger partial charge in [0.15, 0.2) is 4.80 Å². The van der Waals surface area contributed by atoms with E-state index in [-0.39, 0.29) is 11.5 Å². The molecule has 2 aliphatic rings. The van der Waals surface area contributed by atoms with Gasteiger partial charge in [-0.3, -0.25) is 14.2 Å². The third kappa shape index (κ3) is 4.58. The fraction of sp³-hybridized carbons (Fsp3) is 0.0882. The minimum absolute atomic E-state index is 0.169. The molecular formula is C34H26N4O2S2. The van der Waals surface area contributed by atoms with Crippen molar-refractivity contribution in [2.45, 2.75) is 22.8 Å². The number of carbonyl (C=O) groups is 1. The highest BCUT2D eigenvalue weighted by atomic mass is 32.2. The largest absolute Gasteiger partial charge is 0.343 e. The zero-order chi connectivity index (χ0) is 28.8. The number of para-hydroxylation sites is 2. The summed E-state index contributed by atoms with van der Waals surface area (Å²) in [5, 5.41) is 3.00. The van der Waals surface area contributed by atoms with E-state index in [1.54, 1.807) is 16.3 Å². The van der Waals surface area contributed by atoms with Gasteiger partial charge >= 0.3 is 0 Å². The number of fused-ring (bicyclic) bond motifs is 3. The molecule has 8 heteroatoms. The Hall–Kier alpha value is -4.66. The molecule has 1 N–H and O–H groups in total. The summed E-state index contributed by atoms with van der Waals surface area (Å²) in [7, 11) is 2.08. The van der Waals surface area contributed by atoms with Crippen molar-refractivity contribution in [3.8, 4) is 0 Å². The maximum Gasteiger partial charge on any atom is 0.271 e. The van der Waals surface area contributed by atoms with Gasteiger partial charge in [-0.25, -0.2) is 4.99 Å². The number of benzene rings is 4. The maximum absolute atomic E-state index is 14.1. The summed E-state index contributed by atoms with van der Waals surface area (Å²) >= 11 is 3.08. The fourth-order valence-electron chi connectivity index (χ4n) is 5.48. The fourth-order valence-corrected chi connectivity index (χ4v) is 7.73. The molecule has 6 nitrogen and oxygen atoms in total. The van der Waals surface area contributed by atoms with Gasteiger partial charge in [-0.2, -0.15) is 0 Å². The van der Waals surface area contributed by atoms with Crippen LogP contribution in [0.25, 0.3) is 6.08 Å². The third-order valence-electron chi connectivity index (χ3n) is 7.50. The Kier molecular flexibility index (Phi) is 6.64. The van der Waals surface area contributed by atoms with E-state index in [4.69, 9.17) is 4.99 Å². The number of allylic oxidation sites excluding steroid dienone is 1. The van der Waals surface area contributed by atoms with Crippen LogP contribution in [0.2, 0.25) is 0 Å². The molecule has 0 unspecified atom stereocenters. The number of hydrogen-bond acceptors (Lipinski definition) is 6. The van der Waals surface area contributed by atoms with Gasteiger partial charge in [0.25, 0.3) is 11.5 Å². The molecule has 7 rings (SSSR count). The number of rotatable bonds is 4. The average molecular weight is 587 g/mol. The van der Waals surface area contributed by atoms with E-state index in [2.05, 4.69) is 53.7 Å². The lowest BCUT2D eigenvalue weighted by molar-refractivity contribution is -0.113. The van der Waals surface area contributed by atoms with Gasteiger partial charge in [0.05, 0.1) is 33.2 Å². The lowest BCUT2D eigenvalue weighted by Gasteiger charge is -2.29. The molecule has 0 fully saturated rings. The Labute approximate surface area is 251 Å². The van der Waals surface area contributed by atoms with Gasteiger partial charge in [-0.1, -0.05) is 89.8 Å². The summed E-state index contributed by atoms with van der Waals surface area (Å²) < 4.78 is 2.23. The molecule has 0 spiro atoms. The molecule has 4 aromatic carbocycles. The second-order valence-electron chi connectivity index (χ2n) is 10.2. The van der Waals surface area contributed by atoms with Crippen molar-refractivity contribution in [1.29, 1.82) is 0 Å². The minimum Gasteiger partial charge on any atom is -0.343 e. The molecule has 1 aromatic heterocycles. The van der Waals surface area contributed by atoms with Crippen molar-refractivity contribution in [3.63, 3.8) is 0 Å². The smallest absolute Gasteiger partial charge is 0.271 e. The molecule has 206 valence electrons. The number of anilines is 3. The van der Waals surface area contributed by atoms with Crippen LogP contribution in [0.15, 0.2) is 134 Å². The van der Waals surface area contributed by atoms with Crippen molar-refractivity contribution < 1.29 is 4.79 Å². The van der Waals surface area contributed by atoms with E-state index >= 15 is 0 Å². The summed E-state index contributed by atoms with van der Waals surface area (Å²) in [5.41, 5.74) is 5.67. The van der Waals surface area contributed by atoms with Crippen molar-refractivity contribution in [2.24, 2.45) is 4.99 Å². The topological polar surface area (TPSA) is 66.7 Å². The molecule has 42 heavy (non-hydrogen) atoms. The molecule has 0 bridgehead atoms. The van der Waals surface area contributed by atoms with Gasteiger partial charge in [0.2, 0.25) is 0 Å². The normalized spacial score (nSPS) is 15.9. The second kappa shape index (κ2) is 10.6. The highest BCUT2D eigenvalue weighted by Gasteiger charge is 2.32. The van der Waals surface area contributed by atoms with Gasteiger partial charge < -0.3 is 10.2 Å². The second-order valence-corrected chi connectivity index (χ2v) is 12.3. The molecule has 0 saturated carbocycles. The van der Waals surface area contributed by atoms with Crippen molar-refractivity contribution in [1.82, 2.24) is 4.57 Å². The predicted octanol–water partition coefficient (Wildman–Crippen LogP) is 6.11. The van der Waals surface area contributed by atoms with Gasteiger partial charge in [-0.15, -0.1) is 0 Å². The molecule has 3 heterocycles. The first kappa shape index (κ1) is 26.3. The van der Waals surface area contributed by atoms with Crippen molar-refractivity contribution in [2.75, 3.05) is 17.3 Å². The zero-order valence-electron chi connectivity index (χ0n) is 22.9. The number of hydrogen-bond donors (Lipinski definition) is 1. The molecule has 1 amide bonds. The first-order valence-electron chi connectivity index (χ1n) is 13.6. The van der Waals surface area contributed by atoms with Crippen LogP contribution >= 0.6 is 23.1 Å². The Morgan fingerprint density at radius 2 is 1.57 bits per heavy atom. The molecule has 0 saturated heterocycles. The van der Waals surface area contributed by atoms with Crippen LogP contribution in [0.4, 0.5) is 17.1 Å². The highest BCUT2D eigenvalue weighted by Crippen LogP contribution is 2.47. The average Bonchev–Trinajstić information content (AvgIpc) is 3.31. The first-order valence-corrected chi connectivity index (χ1v) is 15.2. The van der Waals surface area contributed by atoms with E-state index in [1.165, 1.54) is 21.9 Å². The highest BCUT2D eigenvalue weighted by molar-refractivity contribution is 7.99. The summed E-state index contributed by atoms with van der Waals surface area (Å²) in [6, 6.07) is 33.0. The maximum atomic E-state index is 14.1. The van der Waals surface area contributed by atoms with Crippen LogP contribution in [-0.2, 0) is 4.79 Å². The molecular weight excluding hydrogens is 561 g/mol. The van der Waals surface area contributed by atoms with Crippen LogP contribution in [0.1, 0.15) is 24.1 Å². The van der Waals surface area contributed by atoms with Crippen LogP contribution in [0.3, 0.4) is 0 Å². The summed E-state index contributed by atoms with van der Waals surface area (Å²) in [6.45, 7) is 1.84. The van der Waals surface area contributed by atoms with Crippen LogP contribution in [0, 0.1) is 0 Å².